The first-order chi connectivity index (χ1) is 9.54. The molecule has 2 aromatic rings. The Morgan fingerprint density at radius 1 is 1.20 bits per heavy atom. The minimum absolute atomic E-state index is 0.308. The van der Waals surface area contributed by atoms with Crippen molar-refractivity contribution in [3.63, 3.8) is 0 Å². The highest BCUT2D eigenvalue weighted by Gasteiger charge is 2.29. The van der Waals surface area contributed by atoms with Gasteiger partial charge in [0.15, 0.2) is 0 Å². The van der Waals surface area contributed by atoms with Crippen molar-refractivity contribution in [2.24, 2.45) is 0 Å². The Morgan fingerprint density at radius 2 is 2.00 bits per heavy atom. The molecule has 5 heteroatoms. The van der Waals surface area contributed by atoms with Gasteiger partial charge in [-0.05, 0) is 30.3 Å². The largest absolute Gasteiger partial charge is 0.485 e. The van der Waals surface area contributed by atoms with Crippen LogP contribution in [0.5, 0.6) is 5.75 Å². The third kappa shape index (κ3) is 2.55. The third-order valence-corrected chi connectivity index (χ3v) is 4.17. The topological polar surface area (TPSA) is 29.5 Å². The molecule has 0 fully saturated rings. The monoisotopic (exact) mass is 356 g/mol. The number of aliphatic hydroxyl groups is 1. The predicted molar refractivity (Wildman–Crippen MR) is 78.5 cm³/mol. The zero-order valence-electron chi connectivity index (χ0n) is 10.3. The summed E-state index contributed by atoms with van der Waals surface area (Å²) in [5, 5.41) is 10.6. The van der Waals surface area contributed by atoms with Crippen molar-refractivity contribution in [2.45, 2.75) is 18.6 Å². The Labute approximate surface area is 129 Å². The maximum atomic E-state index is 13.1. The molecular formula is C15H11BrClFO2. The fourth-order valence-electron chi connectivity index (χ4n) is 2.37. The number of hydrogen-bond donors (Lipinski definition) is 1. The summed E-state index contributed by atoms with van der Waals surface area (Å²) in [7, 11) is 0. The number of fused-ring (bicyclic) bond motifs is 1. The van der Waals surface area contributed by atoms with Crippen LogP contribution >= 0.6 is 27.5 Å². The Balaban J connectivity index is 1.97. The van der Waals surface area contributed by atoms with E-state index in [4.69, 9.17) is 16.3 Å². The van der Waals surface area contributed by atoms with Gasteiger partial charge < -0.3 is 9.84 Å². The molecule has 0 radical (unpaired) electrons. The molecule has 2 unspecified atom stereocenters. The normalized spacial score (nSPS) is 21.2. The molecule has 0 aromatic heterocycles. The van der Waals surface area contributed by atoms with E-state index in [-0.39, 0.29) is 11.9 Å². The molecule has 0 saturated heterocycles. The minimum atomic E-state index is -0.637. The van der Waals surface area contributed by atoms with Crippen molar-refractivity contribution in [2.75, 3.05) is 0 Å². The molecule has 0 saturated carbocycles. The molecular weight excluding hydrogens is 347 g/mol. The Bertz CT molecular complexity index is 662. The lowest BCUT2D eigenvalue weighted by Crippen LogP contribution is -2.19. The quantitative estimate of drug-likeness (QED) is 0.794. The maximum Gasteiger partial charge on any atom is 0.128 e. The first-order valence-electron chi connectivity index (χ1n) is 6.13. The first kappa shape index (κ1) is 13.9. The Morgan fingerprint density at radius 3 is 2.75 bits per heavy atom. The van der Waals surface area contributed by atoms with E-state index in [1.54, 1.807) is 12.1 Å². The third-order valence-electron chi connectivity index (χ3n) is 3.35. The summed E-state index contributed by atoms with van der Waals surface area (Å²) in [5.74, 6) is 0.233. The number of hydrogen-bond acceptors (Lipinski definition) is 2. The molecule has 20 heavy (non-hydrogen) atoms. The molecule has 3 rings (SSSR count). The van der Waals surface area contributed by atoms with Gasteiger partial charge in [0.2, 0.25) is 0 Å². The molecule has 0 spiro atoms. The van der Waals surface area contributed by atoms with Crippen molar-refractivity contribution < 1.29 is 14.2 Å². The molecule has 0 aliphatic carbocycles. The van der Waals surface area contributed by atoms with Crippen LogP contribution in [0.25, 0.3) is 0 Å². The van der Waals surface area contributed by atoms with E-state index in [0.29, 0.717) is 22.8 Å². The lowest BCUT2D eigenvalue weighted by Gasteiger charge is -2.30. The Kier molecular flexibility index (Phi) is 3.71. The summed E-state index contributed by atoms with van der Waals surface area (Å²) in [5.41, 5.74) is 1.43. The van der Waals surface area contributed by atoms with Crippen LogP contribution in [0.3, 0.4) is 0 Å². The van der Waals surface area contributed by atoms with Crippen LogP contribution in [0.4, 0.5) is 4.39 Å². The van der Waals surface area contributed by atoms with Crippen molar-refractivity contribution in [1.82, 2.24) is 0 Å². The van der Waals surface area contributed by atoms with Gasteiger partial charge in [-0.15, -0.1) is 0 Å². The van der Waals surface area contributed by atoms with Crippen LogP contribution in [0.1, 0.15) is 29.8 Å². The van der Waals surface area contributed by atoms with E-state index >= 15 is 0 Å². The number of rotatable bonds is 1. The van der Waals surface area contributed by atoms with Gasteiger partial charge in [0.25, 0.3) is 0 Å². The van der Waals surface area contributed by atoms with E-state index in [1.807, 2.05) is 12.1 Å². The number of halogens is 3. The SMILES string of the molecule is OC1CC(c2ccc(F)cc2Cl)Oc2ccc(Br)cc21. The summed E-state index contributed by atoms with van der Waals surface area (Å²) in [4.78, 5) is 0. The van der Waals surface area contributed by atoms with Crippen LogP contribution in [0.15, 0.2) is 40.9 Å². The zero-order valence-corrected chi connectivity index (χ0v) is 12.7. The van der Waals surface area contributed by atoms with Crippen LogP contribution in [0, 0.1) is 5.82 Å². The molecule has 104 valence electrons. The van der Waals surface area contributed by atoms with Gasteiger partial charge in [0.05, 0.1) is 11.1 Å². The number of benzene rings is 2. The van der Waals surface area contributed by atoms with Crippen molar-refractivity contribution >= 4 is 27.5 Å². The van der Waals surface area contributed by atoms with Gasteiger partial charge in [0, 0.05) is 22.0 Å². The van der Waals surface area contributed by atoms with Crippen LogP contribution < -0.4 is 4.74 Å². The van der Waals surface area contributed by atoms with E-state index in [2.05, 4.69) is 15.9 Å². The summed E-state index contributed by atoms with van der Waals surface area (Å²) in [6.45, 7) is 0. The van der Waals surface area contributed by atoms with Gasteiger partial charge in [0.1, 0.15) is 17.7 Å². The van der Waals surface area contributed by atoms with E-state index in [1.165, 1.54) is 12.1 Å². The summed E-state index contributed by atoms with van der Waals surface area (Å²) >= 11 is 9.42. The van der Waals surface area contributed by atoms with Gasteiger partial charge in [-0.2, -0.15) is 0 Å². The fourth-order valence-corrected chi connectivity index (χ4v) is 3.04. The highest BCUT2D eigenvalue weighted by atomic mass is 79.9. The van der Waals surface area contributed by atoms with Gasteiger partial charge in [-0.3, -0.25) is 0 Å². The standard InChI is InChI=1S/C15H11BrClFO2/c16-8-1-4-14-11(5-8)13(19)7-15(20-14)10-3-2-9(18)6-12(10)17/h1-6,13,15,19H,7H2. The summed E-state index contributed by atoms with van der Waals surface area (Å²) in [6.07, 6.45) is -0.636. The predicted octanol–water partition coefficient (Wildman–Crippen LogP) is 4.80. The Hall–Kier alpha value is -1.10. The molecule has 2 atom stereocenters. The average Bonchev–Trinajstić information content (AvgIpc) is 2.39. The number of ether oxygens (including phenoxy) is 1. The second-order valence-electron chi connectivity index (χ2n) is 4.71. The van der Waals surface area contributed by atoms with Gasteiger partial charge in [-0.1, -0.05) is 33.6 Å². The van der Waals surface area contributed by atoms with E-state index in [9.17, 15) is 9.50 Å². The highest BCUT2D eigenvalue weighted by Crippen LogP contribution is 2.43. The smallest absolute Gasteiger partial charge is 0.128 e. The molecule has 1 heterocycles. The first-order valence-corrected chi connectivity index (χ1v) is 7.31. The van der Waals surface area contributed by atoms with Crippen LogP contribution in [-0.4, -0.2) is 5.11 Å². The van der Waals surface area contributed by atoms with E-state index in [0.717, 1.165) is 10.0 Å². The molecule has 0 amide bonds. The second-order valence-corrected chi connectivity index (χ2v) is 6.03. The lowest BCUT2D eigenvalue weighted by molar-refractivity contribution is 0.0657. The molecule has 1 N–H and O–H groups in total. The molecule has 1 aliphatic heterocycles. The van der Waals surface area contributed by atoms with Gasteiger partial charge in [-0.25, -0.2) is 4.39 Å². The van der Waals surface area contributed by atoms with Crippen LogP contribution in [-0.2, 0) is 0 Å². The molecule has 0 bridgehead atoms. The fraction of sp³-hybridized carbons (Fsp3) is 0.200. The molecule has 1 aliphatic rings. The molecule has 2 nitrogen and oxygen atoms in total. The van der Waals surface area contributed by atoms with E-state index < -0.39 is 6.10 Å². The zero-order chi connectivity index (χ0) is 14.3. The van der Waals surface area contributed by atoms with Gasteiger partial charge >= 0.3 is 0 Å². The summed E-state index contributed by atoms with van der Waals surface area (Å²) < 4.78 is 19.9. The van der Waals surface area contributed by atoms with Crippen LogP contribution in [0.2, 0.25) is 5.02 Å². The number of aliphatic hydroxyl groups excluding tert-OH is 1. The average molecular weight is 358 g/mol. The molecule has 2 aromatic carbocycles. The van der Waals surface area contributed by atoms with Crippen molar-refractivity contribution in [3.8, 4) is 5.75 Å². The van der Waals surface area contributed by atoms with Crippen molar-refractivity contribution in [3.05, 3.63) is 62.8 Å². The van der Waals surface area contributed by atoms with Crippen molar-refractivity contribution in [1.29, 1.82) is 0 Å². The minimum Gasteiger partial charge on any atom is -0.485 e. The second kappa shape index (κ2) is 5.35. The summed E-state index contributed by atoms with van der Waals surface area (Å²) in [6, 6.07) is 9.67. The lowest BCUT2D eigenvalue weighted by atomic mass is 9.95. The maximum absolute atomic E-state index is 13.1. The highest BCUT2D eigenvalue weighted by molar-refractivity contribution is 9.10.